The average molecular weight is 455 g/mol. The molecule has 3 aromatic carbocycles. The van der Waals surface area contributed by atoms with E-state index in [1.165, 1.54) is 0 Å². The van der Waals surface area contributed by atoms with Gasteiger partial charge in [0.25, 0.3) is 0 Å². The molecule has 2 bridgehead atoms. The number of phenols is 2. The van der Waals surface area contributed by atoms with Gasteiger partial charge in [-0.25, -0.2) is 0 Å². The maximum Gasteiger partial charge on any atom is 0.161 e. The summed E-state index contributed by atoms with van der Waals surface area (Å²) in [6.45, 7) is 0. The summed E-state index contributed by atoms with van der Waals surface area (Å²) < 4.78 is 6.27. The van der Waals surface area contributed by atoms with Crippen LogP contribution < -0.4 is 4.74 Å². The van der Waals surface area contributed by atoms with Crippen LogP contribution in [-0.2, 0) is 11.8 Å². The van der Waals surface area contributed by atoms with Crippen molar-refractivity contribution in [3.05, 3.63) is 89.5 Å². The summed E-state index contributed by atoms with van der Waals surface area (Å²) >= 11 is 0. The quantitative estimate of drug-likeness (QED) is 0.396. The van der Waals surface area contributed by atoms with Gasteiger partial charge in [0.1, 0.15) is 11.5 Å². The number of benzene rings is 3. The number of aromatic hydroxyl groups is 2. The molecule has 4 heteroatoms. The number of fused-ring (bicyclic) bond motifs is 1. The zero-order chi connectivity index (χ0) is 23.3. The lowest BCUT2D eigenvalue weighted by Gasteiger charge is -2.57. The molecule has 3 aliphatic rings. The standard InChI is InChI=1S/C30H30O4/c31-25-14-13-20-18-22-8-6-7-16-29(27(20)28(25)32)19-21(15-17-30(22,29)33)24-11-4-5-12-26(24)34-23-9-2-1-3-10-23/h1-5,9-15,22,31-33H,6-8,16-19H2/t22-,29-,30-/m1/s1. The minimum atomic E-state index is -0.944. The molecule has 0 unspecified atom stereocenters. The van der Waals surface area contributed by atoms with Crippen LogP contribution in [0.4, 0.5) is 0 Å². The Bertz CT molecular complexity index is 1260. The van der Waals surface area contributed by atoms with Crippen LogP contribution in [0.15, 0.2) is 72.8 Å². The minimum absolute atomic E-state index is 0.0636. The van der Waals surface area contributed by atoms with Crippen LogP contribution in [-0.4, -0.2) is 20.9 Å². The summed E-state index contributed by atoms with van der Waals surface area (Å²) in [5.41, 5.74) is 2.35. The molecule has 3 aromatic rings. The van der Waals surface area contributed by atoms with E-state index < -0.39 is 11.0 Å². The van der Waals surface area contributed by atoms with Gasteiger partial charge in [0.2, 0.25) is 0 Å². The number of aliphatic hydroxyl groups is 1. The van der Waals surface area contributed by atoms with Crippen LogP contribution in [0, 0.1) is 5.92 Å². The molecule has 0 amide bonds. The topological polar surface area (TPSA) is 69.9 Å². The second-order valence-corrected chi connectivity index (χ2v) is 10.1. The van der Waals surface area contributed by atoms with Gasteiger partial charge < -0.3 is 20.1 Å². The molecule has 6 rings (SSSR count). The number of hydrogen-bond acceptors (Lipinski definition) is 4. The molecule has 0 aromatic heterocycles. The van der Waals surface area contributed by atoms with Crippen molar-refractivity contribution >= 4 is 5.57 Å². The second-order valence-electron chi connectivity index (χ2n) is 10.1. The largest absolute Gasteiger partial charge is 0.504 e. The van der Waals surface area contributed by atoms with E-state index in [1.807, 2.05) is 54.6 Å². The summed E-state index contributed by atoms with van der Waals surface area (Å²) in [4.78, 5) is 0. The lowest BCUT2D eigenvalue weighted by Crippen LogP contribution is -2.60. The van der Waals surface area contributed by atoms with Crippen molar-refractivity contribution in [3.63, 3.8) is 0 Å². The SMILES string of the molecule is Oc1ccc2c(c1O)[C@]13CCCC[C@H](C2)[C@]1(O)CC=C(c1ccccc1Oc1ccccc1)C3. The smallest absolute Gasteiger partial charge is 0.161 e. The van der Waals surface area contributed by atoms with E-state index in [0.29, 0.717) is 12.8 Å². The highest BCUT2D eigenvalue weighted by molar-refractivity contribution is 5.75. The highest BCUT2D eigenvalue weighted by Crippen LogP contribution is 2.63. The lowest BCUT2D eigenvalue weighted by molar-refractivity contribution is -0.0963. The van der Waals surface area contributed by atoms with E-state index in [0.717, 1.165) is 65.9 Å². The van der Waals surface area contributed by atoms with E-state index in [1.54, 1.807) is 6.07 Å². The first-order valence-electron chi connectivity index (χ1n) is 12.3. The van der Waals surface area contributed by atoms with E-state index in [-0.39, 0.29) is 17.4 Å². The Balaban J connectivity index is 1.49. The Morgan fingerprint density at radius 2 is 1.68 bits per heavy atom. The van der Waals surface area contributed by atoms with Gasteiger partial charge in [-0.1, -0.05) is 61.4 Å². The van der Waals surface area contributed by atoms with Gasteiger partial charge >= 0.3 is 0 Å². The van der Waals surface area contributed by atoms with Crippen molar-refractivity contribution in [2.45, 2.75) is 56.0 Å². The number of para-hydroxylation sites is 2. The highest BCUT2D eigenvalue weighted by atomic mass is 16.5. The summed E-state index contributed by atoms with van der Waals surface area (Å²) in [7, 11) is 0. The van der Waals surface area contributed by atoms with Crippen molar-refractivity contribution in [1.82, 2.24) is 0 Å². The molecule has 0 saturated heterocycles. The van der Waals surface area contributed by atoms with Gasteiger partial charge in [-0.15, -0.1) is 0 Å². The normalized spacial score (nSPS) is 27.7. The predicted octanol–water partition coefficient (Wildman–Crippen LogP) is 6.48. The first-order chi connectivity index (χ1) is 16.5. The van der Waals surface area contributed by atoms with Gasteiger partial charge in [0, 0.05) is 16.5 Å². The molecule has 4 nitrogen and oxygen atoms in total. The molecular formula is C30H30O4. The van der Waals surface area contributed by atoms with Crippen LogP contribution in [0.5, 0.6) is 23.0 Å². The molecule has 1 fully saturated rings. The van der Waals surface area contributed by atoms with E-state index in [4.69, 9.17) is 4.74 Å². The number of ether oxygens (including phenoxy) is 1. The zero-order valence-corrected chi connectivity index (χ0v) is 19.2. The Kier molecular flexibility index (Phi) is 4.96. The van der Waals surface area contributed by atoms with E-state index in [2.05, 4.69) is 12.1 Å². The van der Waals surface area contributed by atoms with Crippen molar-refractivity contribution in [2.24, 2.45) is 5.92 Å². The molecule has 3 N–H and O–H groups in total. The van der Waals surface area contributed by atoms with Crippen LogP contribution in [0.2, 0.25) is 0 Å². The molecule has 0 spiro atoms. The lowest BCUT2D eigenvalue weighted by atomic mass is 9.50. The predicted molar refractivity (Wildman–Crippen MR) is 132 cm³/mol. The third-order valence-electron chi connectivity index (χ3n) is 8.45. The third kappa shape index (κ3) is 3.08. The van der Waals surface area contributed by atoms with E-state index in [9.17, 15) is 15.3 Å². The molecule has 0 aliphatic heterocycles. The Morgan fingerprint density at radius 1 is 0.882 bits per heavy atom. The molecule has 3 atom stereocenters. The monoisotopic (exact) mass is 454 g/mol. The summed E-state index contributed by atoms with van der Waals surface area (Å²) in [6.07, 6.45) is 7.85. The number of allylic oxidation sites excluding steroid dienone is 1. The maximum absolute atomic E-state index is 12.3. The van der Waals surface area contributed by atoms with Crippen LogP contribution in [0.25, 0.3) is 5.57 Å². The number of hydrogen-bond donors (Lipinski definition) is 3. The van der Waals surface area contributed by atoms with Crippen molar-refractivity contribution < 1.29 is 20.1 Å². The molecule has 0 radical (unpaired) electrons. The Hall–Kier alpha value is -3.24. The number of rotatable bonds is 3. The molecule has 34 heavy (non-hydrogen) atoms. The van der Waals surface area contributed by atoms with Crippen LogP contribution in [0.1, 0.15) is 55.2 Å². The highest BCUT2D eigenvalue weighted by Gasteiger charge is 2.61. The molecule has 1 saturated carbocycles. The Morgan fingerprint density at radius 3 is 2.53 bits per heavy atom. The van der Waals surface area contributed by atoms with Crippen molar-refractivity contribution in [1.29, 1.82) is 0 Å². The Labute approximate surface area is 200 Å². The van der Waals surface area contributed by atoms with Crippen molar-refractivity contribution in [2.75, 3.05) is 0 Å². The summed E-state index contributed by atoms with van der Waals surface area (Å²) in [6, 6.07) is 21.3. The maximum atomic E-state index is 12.3. The fourth-order valence-corrected chi connectivity index (χ4v) is 6.88. The van der Waals surface area contributed by atoms with Gasteiger partial charge in [0.15, 0.2) is 11.5 Å². The molecule has 174 valence electrons. The first-order valence-corrected chi connectivity index (χ1v) is 12.3. The van der Waals surface area contributed by atoms with Gasteiger partial charge in [-0.3, -0.25) is 0 Å². The average Bonchev–Trinajstić information content (AvgIpc) is 2.93. The fourth-order valence-electron chi connectivity index (χ4n) is 6.88. The molecular weight excluding hydrogens is 424 g/mol. The van der Waals surface area contributed by atoms with Crippen molar-refractivity contribution in [3.8, 4) is 23.0 Å². The molecule has 3 aliphatic carbocycles. The van der Waals surface area contributed by atoms with Gasteiger partial charge in [0.05, 0.1) is 5.60 Å². The third-order valence-corrected chi connectivity index (χ3v) is 8.45. The van der Waals surface area contributed by atoms with Gasteiger partial charge in [-0.2, -0.15) is 0 Å². The minimum Gasteiger partial charge on any atom is -0.504 e. The van der Waals surface area contributed by atoms with Gasteiger partial charge in [-0.05, 0) is 73.4 Å². The molecule has 0 heterocycles. The second kappa shape index (κ2) is 7.92. The van der Waals surface area contributed by atoms with Crippen LogP contribution in [0.3, 0.4) is 0 Å². The number of phenolic OH excluding ortho intramolecular Hbond substituents is 2. The van der Waals surface area contributed by atoms with Crippen LogP contribution >= 0.6 is 0 Å². The fraction of sp³-hybridized carbons (Fsp3) is 0.333. The summed E-state index contributed by atoms with van der Waals surface area (Å²) in [5, 5.41) is 33.8. The first kappa shape index (κ1) is 21.3. The van der Waals surface area contributed by atoms with E-state index >= 15 is 0 Å². The zero-order valence-electron chi connectivity index (χ0n) is 19.2. The summed E-state index contributed by atoms with van der Waals surface area (Å²) in [5.74, 6) is 1.53.